The Balaban J connectivity index is 1.82. The minimum atomic E-state index is 0.0723. The summed E-state index contributed by atoms with van der Waals surface area (Å²) >= 11 is 0. The summed E-state index contributed by atoms with van der Waals surface area (Å²) < 4.78 is 0. The van der Waals surface area contributed by atoms with Gasteiger partial charge in [-0.3, -0.25) is 0 Å². The lowest BCUT2D eigenvalue weighted by atomic mass is 10.1. The Morgan fingerprint density at radius 1 is 1.14 bits per heavy atom. The zero-order valence-electron chi connectivity index (χ0n) is 9.12. The Bertz CT molecular complexity index is 215. The van der Waals surface area contributed by atoms with Crippen molar-refractivity contribution in [2.24, 2.45) is 11.8 Å². The van der Waals surface area contributed by atoms with E-state index in [0.717, 1.165) is 11.8 Å². The van der Waals surface area contributed by atoms with Crippen LogP contribution >= 0.6 is 0 Å². The maximum atomic E-state index is 11.4. The number of rotatable bonds is 1. The number of fused-ring (bicyclic) bond motifs is 1. The highest BCUT2D eigenvalue weighted by molar-refractivity contribution is 5.74. The number of nitrogens with one attached hydrogen (secondary N) is 1. The number of carbonyl (C=O) groups excluding carboxylic acids is 1. The maximum Gasteiger partial charge on any atom is 0.317 e. The maximum absolute atomic E-state index is 11.4. The average molecular weight is 196 g/mol. The first-order chi connectivity index (χ1) is 6.70. The predicted molar refractivity (Wildman–Crippen MR) is 56.1 cm³/mol. The van der Waals surface area contributed by atoms with Gasteiger partial charge in [-0.15, -0.1) is 0 Å². The fourth-order valence-corrected chi connectivity index (χ4v) is 2.65. The second-order valence-electron chi connectivity index (χ2n) is 4.84. The quantitative estimate of drug-likeness (QED) is 0.682. The first kappa shape index (κ1) is 9.81. The molecule has 2 amide bonds. The zero-order valence-corrected chi connectivity index (χ0v) is 9.12. The van der Waals surface area contributed by atoms with Crippen LogP contribution in [0.3, 0.4) is 0 Å². The van der Waals surface area contributed by atoms with Gasteiger partial charge in [-0.05, 0) is 24.7 Å². The second kappa shape index (κ2) is 3.79. The summed E-state index contributed by atoms with van der Waals surface area (Å²) in [7, 11) is 3.60. The molecule has 0 saturated heterocycles. The average Bonchev–Trinajstić information content (AvgIpc) is 2.82. The standard InChI is InChI=1S/C11H20N2O/c1-13(2)11(14)12-10-8-6-4-3-5-7-9(8)10/h8-10H,3-7H2,1-2H3,(H,12,14)/t8-,9+,10?. The van der Waals surface area contributed by atoms with Crippen molar-refractivity contribution in [3.8, 4) is 0 Å². The molecule has 0 radical (unpaired) electrons. The first-order valence-corrected chi connectivity index (χ1v) is 5.68. The molecular formula is C11H20N2O. The smallest absolute Gasteiger partial charge is 0.317 e. The molecule has 0 aromatic carbocycles. The van der Waals surface area contributed by atoms with Crippen LogP contribution in [0.1, 0.15) is 32.1 Å². The van der Waals surface area contributed by atoms with Crippen molar-refractivity contribution >= 4 is 6.03 Å². The lowest BCUT2D eigenvalue weighted by Crippen LogP contribution is -2.37. The Kier molecular flexibility index (Phi) is 2.66. The first-order valence-electron chi connectivity index (χ1n) is 5.68. The fourth-order valence-electron chi connectivity index (χ4n) is 2.65. The summed E-state index contributed by atoms with van der Waals surface area (Å²) in [6.07, 6.45) is 6.75. The third kappa shape index (κ3) is 1.86. The van der Waals surface area contributed by atoms with E-state index in [0.29, 0.717) is 6.04 Å². The third-order valence-corrected chi connectivity index (χ3v) is 3.60. The Hall–Kier alpha value is -0.730. The van der Waals surface area contributed by atoms with Gasteiger partial charge >= 0.3 is 6.03 Å². The molecule has 2 aliphatic carbocycles. The van der Waals surface area contributed by atoms with E-state index < -0.39 is 0 Å². The van der Waals surface area contributed by atoms with Crippen LogP contribution in [0.2, 0.25) is 0 Å². The van der Waals surface area contributed by atoms with Crippen LogP contribution in [0.15, 0.2) is 0 Å². The van der Waals surface area contributed by atoms with E-state index in [1.54, 1.807) is 19.0 Å². The van der Waals surface area contributed by atoms with Gasteiger partial charge in [0.1, 0.15) is 0 Å². The monoisotopic (exact) mass is 196 g/mol. The van der Waals surface area contributed by atoms with Crippen molar-refractivity contribution in [3.05, 3.63) is 0 Å². The van der Waals surface area contributed by atoms with Gasteiger partial charge < -0.3 is 10.2 Å². The highest BCUT2D eigenvalue weighted by Gasteiger charge is 2.50. The molecule has 3 heteroatoms. The summed E-state index contributed by atoms with van der Waals surface area (Å²) in [4.78, 5) is 13.1. The van der Waals surface area contributed by atoms with Crippen molar-refractivity contribution in [3.63, 3.8) is 0 Å². The Morgan fingerprint density at radius 3 is 2.21 bits per heavy atom. The number of urea groups is 1. The number of hydrogen-bond acceptors (Lipinski definition) is 1. The molecule has 1 unspecified atom stereocenters. The molecule has 2 rings (SSSR count). The molecule has 0 spiro atoms. The summed E-state index contributed by atoms with van der Waals surface area (Å²) in [6.45, 7) is 0. The number of carbonyl (C=O) groups is 1. The molecule has 3 nitrogen and oxygen atoms in total. The molecule has 0 aromatic heterocycles. The van der Waals surface area contributed by atoms with Crippen molar-refractivity contribution < 1.29 is 4.79 Å². The van der Waals surface area contributed by atoms with Gasteiger partial charge in [0.15, 0.2) is 0 Å². The normalized spacial score (nSPS) is 35.4. The molecule has 1 N–H and O–H groups in total. The van der Waals surface area contributed by atoms with Gasteiger partial charge in [-0.2, -0.15) is 0 Å². The molecule has 0 heterocycles. The molecule has 14 heavy (non-hydrogen) atoms. The molecule has 0 bridgehead atoms. The van der Waals surface area contributed by atoms with E-state index in [4.69, 9.17) is 0 Å². The molecule has 2 saturated carbocycles. The van der Waals surface area contributed by atoms with E-state index in [2.05, 4.69) is 5.32 Å². The molecule has 3 atom stereocenters. The van der Waals surface area contributed by atoms with E-state index >= 15 is 0 Å². The van der Waals surface area contributed by atoms with E-state index in [-0.39, 0.29) is 6.03 Å². The van der Waals surface area contributed by atoms with Gasteiger partial charge in [0, 0.05) is 20.1 Å². The summed E-state index contributed by atoms with van der Waals surface area (Å²) in [5.41, 5.74) is 0. The summed E-state index contributed by atoms with van der Waals surface area (Å²) in [6, 6.07) is 0.563. The molecular weight excluding hydrogens is 176 g/mol. The zero-order chi connectivity index (χ0) is 10.1. The van der Waals surface area contributed by atoms with Gasteiger partial charge in [-0.1, -0.05) is 19.3 Å². The summed E-state index contributed by atoms with van der Waals surface area (Å²) in [5.74, 6) is 1.59. The van der Waals surface area contributed by atoms with Crippen LogP contribution in [0.4, 0.5) is 4.79 Å². The lowest BCUT2D eigenvalue weighted by molar-refractivity contribution is 0.215. The van der Waals surface area contributed by atoms with Crippen LogP contribution in [0.5, 0.6) is 0 Å². The van der Waals surface area contributed by atoms with Crippen LogP contribution in [0.25, 0.3) is 0 Å². The van der Waals surface area contributed by atoms with Gasteiger partial charge in [0.25, 0.3) is 0 Å². The van der Waals surface area contributed by atoms with Crippen LogP contribution in [0, 0.1) is 11.8 Å². The molecule has 2 aliphatic rings. The van der Waals surface area contributed by atoms with Gasteiger partial charge in [0.2, 0.25) is 0 Å². The van der Waals surface area contributed by atoms with E-state index in [1.165, 1.54) is 32.1 Å². The molecule has 0 aliphatic heterocycles. The molecule has 2 fully saturated rings. The second-order valence-corrected chi connectivity index (χ2v) is 4.84. The van der Waals surface area contributed by atoms with Crippen LogP contribution in [-0.4, -0.2) is 31.1 Å². The minimum Gasteiger partial charge on any atom is -0.335 e. The van der Waals surface area contributed by atoms with Crippen molar-refractivity contribution in [1.29, 1.82) is 0 Å². The van der Waals surface area contributed by atoms with E-state index in [1.807, 2.05) is 0 Å². The predicted octanol–water partition coefficient (Wildman–Crippen LogP) is 1.84. The van der Waals surface area contributed by atoms with Crippen molar-refractivity contribution in [2.45, 2.75) is 38.1 Å². The highest BCUT2D eigenvalue weighted by atomic mass is 16.2. The van der Waals surface area contributed by atoms with Gasteiger partial charge in [-0.25, -0.2) is 4.79 Å². The van der Waals surface area contributed by atoms with Gasteiger partial charge in [0.05, 0.1) is 0 Å². The largest absolute Gasteiger partial charge is 0.335 e. The molecule has 0 aromatic rings. The lowest BCUT2D eigenvalue weighted by Gasteiger charge is -2.12. The highest BCUT2D eigenvalue weighted by Crippen LogP contribution is 2.48. The number of hydrogen-bond donors (Lipinski definition) is 1. The summed E-state index contributed by atoms with van der Waals surface area (Å²) in [5, 5.41) is 3.11. The van der Waals surface area contributed by atoms with E-state index in [9.17, 15) is 4.79 Å². The Morgan fingerprint density at radius 2 is 1.71 bits per heavy atom. The topological polar surface area (TPSA) is 32.3 Å². The van der Waals surface area contributed by atoms with Crippen LogP contribution in [-0.2, 0) is 0 Å². The van der Waals surface area contributed by atoms with Crippen molar-refractivity contribution in [1.82, 2.24) is 10.2 Å². The Labute approximate surface area is 85.8 Å². The number of amides is 2. The van der Waals surface area contributed by atoms with Crippen molar-refractivity contribution in [2.75, 3.05) is 14.1 Å². The van der Waals surface area contributed by atoms with Crippen LogP contribution < -0.4 is 5.32 Å². The fraction of sp³-hybridized carbons (Fsp3) is 0.909. The SMILES string of the molecule is CN(C)C(=O)NC1[C@H]2CCCCC[C@@H]12. The number of nitrogens with zero attached hydrogens (tertiary/aromatic N) is 1. The molecule has 80 valence electrons. The minimum absolute atomic E-state index is 0.0723. The third-order valence-electron chi connectivity index (χ3n) is 3.60.